The van der Waals surface area contributed by atoms with Gasteiger partial charge in [0.15, 0.2) is 5.66 Å². The molecule has 1 aromatic rings. The highest BCUT2D eigenvalue weighted by Gasteiger charge is 2.53. The number of nitro groups is 1. The fourth-order valence-electron chi connectivity index (χ4n) is 3.08. The molecule has 1 aromatic carbocycles. The fourth-order valence-corrected chi connectivity index (χ4v) is 5.29. The number of hydrogen-bond acceptors (Lipinski definition) is 7. The summed E-state index contributed by atoms with van der Waals surface area (Å²) < 4.78 is 29.4. The van der Waals surface area contributed by atoms with Crippen molar-refractivity contribution < 1.29 is 28.1 Å². The molecule has 0 fully saturated rings. The summed E-state index contributed by atoms with van der Waals surface area (Å²) in [7, 11) is -4.02. The number of hydrogen-bond donors (Lipinski definition) is 0. The van der Waals surface area contributed by atoms with Crippen molar-refractivity contribution >= 4 is 13.6 Å². The topological polar surface area (TPSA) is 105 Å². The Morgan fingerprint density at radius 2 is 1.63 bits per heavy atom. The number of carbonyl (C=O) groups excluding carboxylic acids is 1. The van der Waals surface area contributed by atoms with E-state index in [4.69, 9.17) is 13.8 Å². The minimum absolute atomic E-state index is 0.0317. The van der Waals surface area contributed by atoms with Gasteiger partial charge in [0, 0.05) is 11.3 Å². The Labute approximate surface area is 159 Å². The molecule has 3 atom stereocenters. The van der Waals surface area contributed by atoms with Crippen LogP contribution in [0.1, 0.15) is 45.6 Å². The average Bonchev–Trinajstić information content (AvgIpc) is 2.62. The molecule has 9 heteroatoms. The molecule has 0 aliphatic rings. The summed E-state index contributed by atoms with van der Waals surface area (Å²) in [5, 5.41) is 11.8. The third kappa shape index (κ3) is 5.86. The maximum Gasteiger partial charge on any atom is 0.345 e. The number of rotatable bonds is 12. The van der Waals surface area contributed by atoms with Crippen LogP contribution in [0.4, 0.5) is 0 Å². The molecule has 0 spiro atoms. The average molecular weight is 401 g/mol. The Bertz CT molecular complexity index is 642. The van der Waals surface area contributed by atoms with Crippen LogP contribution < -0.4 is 0 Å². The first kappa shape index (κ1) is 23.3. The molecule has 0 radical (unpaired) electrons. The lowest BCUT2D eigenvalue weighted by Crippen LogP contribution is -2.41. The Balaban J connectivity index is 3.64. The maximum atomic E-state index is 13.5. The van der Waals surface area contributed by atoms with Crippen LogP contribution in [-0.4, -0.2) is 42.4 Å². The van der Waals surface area contributed by atoms with Crippen molar-refractivity contribution in [3.05, 3.63) is 46.0 Å². The van der Waals surface area contributed by atoms with Gasteiger partial charge in [-0.2, -0.15) is 0 Å². The molecule has 0 saturated heterocycles. The van der Waals surface area contributed by atoms with E-state index in [-0.39, 0.29) is 26.2 Å². The molecule has 0 aliphatic carbocycles. The van der Waals surface area contributed by atoms with Gasteiger partial charge in [-0.15, -0.1) is 0 Å². The maximum absolute atomic E-state index is 13.5. The Morgan fingerprint density at radius 1 is 1.07 bits per heavy atom. The third-order valence-corrected chi connectivity index (χ3v) is 6.56. The molecular formula is C18H28NO7P. The van der Waals surface area contributed by atoms with E-state index in [0.29, 0.717) is 5.56 Å². The van der Waals surface area contributed by atoms with Crippen LogP contribution in [0.3, 0.4) is 0 Å². The normalized spacial score (nSPS) is 15.0. The van der Waals surface area contributed by atoms with Crippen molar-refractivity contribution in [2.45, 2.75) is 51.7 Å². The van der Waals surface area contributed by atoms with Gasteiger partial charge in [0.25, 0.3) is 0 Å². The quantitative estimate of drug-likeness (QED) is 0.225. The predicted octanol–water partition coefficient (Wildman–Crippen LogP) is 4.02. The van der Waals surface area contributed by atoms with E-state index in [1.54, 1.807) is 58.0 Å². The zero-order valence-electron chi connectivity index (χ0n) is 16.2. The van der Waals surface area contributed by atoms with E-state index in [1.165, 1.54) is 0 Å². The van der Waals surface area contributed by atoms with E-state index in [2.05, 4.69) is 0 Å². The minimum Gasteiger partial charge on any atom is -0.465 e. The van der Waals surface area contributed by atoms with E-state index in [1.807, 2.05) is 0 Å². The molecule has 27 heavy (non-hydrogen) atoms. The highest BCUT2D eigenvalue weighted by molar-refractivity contribution is 7.55. The van der Waals surface area contributed by atoms with Crippen LogP contribution in [0, 0.1) is 10.1 Å². The summed E-state index contributed by atoms with van der Waals surface area (Å²) in [6, 6.07) is 7.37. The van der Waals surface area contributed by atoms with Crippen molar-refractivity contribution in [3.63, 3.8) is 0 Å². The lowest BCUT2D eigenvalue weighted by atomic mass is 9.87. The van der Waals surface area contributed by atoms with Crippen molar-refractivity contribution in [2.24, 2.45) is 0 Å². The first-order chi connectivity index (χ1) is 12.9. The molecule has 0 amide bonds. The monoisotopic (exact) mass is 401 g/mol. The number of esters is 1. The molecule has 152 valence electrons. The van der Waals surface area contributed by atoms with E-state index in [9.17, 15) is 19.5 Å². The second-order valence-electron chi connectivity index (χ2n) is 5.77. The van der Waals surface area contributed by atoms with Crippen LogP contribution in [0.2, 0.25) is 0 Å². The summed E-state index contributed by atoms with van der Waals surface area (Å²) in [5.41, 5.74) is -0.922. The van der Waals surface area contributed by atoms with Crippen molar-refractivity contribution in [2.75, 3.05) is 19.8 Å². The standard InChI is InChI=1S/C18H28NO7P/c1-5-15(19(21)22)16(14-12-10-9-11-13-14)17(18(20)24-6-2)27(23,25-7-3)26-8-4/h9-13,15-17H,5-8H2,1-4H3. The molecule has 3 unspecified atom stereocenters. The van der Waals surface area contributed by atoms with Gasteiger partial charge in [-0.1, -0.05) is 37.3 Å². The largest absolute Gasteiger partial charge is 0.465 e. The van der Waals surface area contributed by atoms with Crippen LogP contribution in [-0.2, 0) is 23.1 Å². The lowest BCUT2D eigenvalue weighted by molar-refractivity contribution is -0.527. The SMILES string of the molecule is CCOC(=O)C(C(c1ccccc1)C(CC)[N+](=O)[O-])P(=O)(OCC)OCC. The zero-order chi connectivity index (χ0) is 20.4. The summed E-state index contributed by atoms with van der Waals surface area (Å²) in [5.74, 6) is -1.84. The molecular weight excluding hydrogens is 373 g/mol. The van der Waals surface area contributed by atoms with Gasteiger partial charge in [-0.3, -0.25) is 19.5 Å². The minimum atomic E-state index is -4.02. The number of ether oxygens (including phenoxy) is 1. The molecule has 0 aromatic heterocycles. The Kier molecular flexibility index (Phi) is 9.63. The van der Waals surface area contributed by atoms with E-state index < -0.39 is 36.1 Å². The highest BCUT2D eigenvalue weighted by atomic mass is 31.2. The van der Waals surface area contributed by atoms with E-state index >= 15 is 0 Å². The Morgan fingerprint density at radius 3 is 2.04 bits per heavy atom. The fraction of sp³-hybridized carbons (Fsp3) is 0.611. The number of benzene rings is 1. The number of nitrogens with zero attached hydrogens (tertiary/aromatic N) is 1. The van der Waals surface area contributed by atoms with Gasteiger partial charge in [-0.05, 0) is 26.3 Å². The van der Waals surface area contributed by atoms with Gasteiger partial charge in [0.1, 0.15) is 0 Å². The molecule has 0 aliphatic heterocycles. The first-order valence-electron chi connectivity index (χ1n) is 9.09. The van der Waals surface area contributed by atoms with Crippen molar-refractivity contribution in [3.8, 4) is 0 Å². The molecule has 0 heterocycles. The molecule has 8 nitrogen and oxygen atoms in total. The smallest absolute Gasteiger partial charge is 0.345 e. The van der Waals surface area contributed by atoms with Crippen molar-refractivity contribution in [1.29, 1.82) is 0 Å². The van der Waals surface area contributed by atoms with Crippen molar-refractivity contribution in [1.82, 2.24) is 0 Å². The zero-order valence-corrected chi connectivity index (χ0v) is 17.1. The molecule has 1 rings (SSSR count). The molecule has 0 N–H and O–H groups in total. The first-order valence-corrected chi connectivity index (χ1v) is 10.7. The highest BCUT2D eigenvalue weighted by Crippen LogP contribution is 2.58. The molecule has 0 bridgehead atoms. The summed E-state index contributed by atoms with van der Waals surface area (Å²) in [6.45, 7) is 6.62. The van der Waals surface area contributed by atoms with E-state index in [0.717, 1.165) is 0 Å². The Hall–Kier alpha value is -1.76. The third-order valence-electron chi connectivity index (χ3n) is 4.12. The second-order valence-corrected chi connectivity index (χ2v) is 7.92. The summed E-state index contributed by atoms with van der Waals surface area (Å²) in [4.78, 5) is 24.1. The van der Waals surface area contributed by atoms with Gasteiger partial charge in [-0.25, -0.2) is 0 Å². The lowest BCUT2D eigenvalue weighted by Gasteiger charge is -2.32. The summed E-state index contributed by atoms with van der Waals surface area (Å²) in [6.07, 6.45) is 0.140. The van der Waals surface area contributed by atoms with Gasteiger partial charge < -0.3 is 13.8 Å². The van der Waals surface area contributed by atoms with Crippen LogP contribution in [0.15, 0.2) is 30.3 Å². The van der Waals surface area contributed by atoms with Gasteiger partial charge in [0.05, 0.1) is 25.7 Å². The van der Waals surface area contributed by atoms with Crippen LogP contribution >= 0.6 is 7.60 Å². The van der Waals surface area contributed by atoms with Gasteiger partial charge in [0.2, 0.25) is 6.04 Å². The van der Waals surface area contributed by atoms with Crippen LogP contribution in [0.5, 0.6) is 0 Å². The summed E-state index contributed by atoms with van der Waals surface area (Å²) >= 11 is 0. The van der Waals surface area contributed by atoms with Gasteiger partial charge >= 0.3 is 13.6 Å². The predicted molar refractivity (Wildman–Crippen MR) is 102 cm³/mol. The second kappa shape index (κ2) is 11.2. The number of carbonyl (C=O) groups is 1. The molecule has 0 saturated carbocycles. The van der Waals surface area contributed by atoms with Crippen LogP contribution in [0.25, 0.3) is 0 Å².